The van der Waals surface area contributed by atoms with Gasteiger partial charge >= 0.3 is 6.03 Å². The summed E-state index contributed by atoms with van der Waals surface area (Å²) in [6.45, 7) is 2.84. The molecule has 6 nitrogen and oxygen atoms in total. The number of carbonyl (C=O) groups is 3. The van der Waals surface area contributed by atoms with E-state index in [2.05, 4.69) is 0 Å². The standard InChI is InChI=1S/C17H19N3O3/c1-17-8-5-9-19(17)16(23)20(15(17)22)13-10-14(21)18(11-13)12-6-3-2-4-7-12/h2-4,6-7,13H,5,8-11H2,1H3/t13-,17-/m1/s1. The van der Waals surface area contributed by atoms with Crippen molar-refractivity contribution < 1.29 is 14.4 Å². The van der Waals surface area contributed by atoms with E-state index < -0.39 is 5.54 Å². The van der Waals surface area contributed by atoms with Gasteiger partial charge in [-0.3, -0.25) is 14.5 Å². The molecule has 4 rings (SSSR count). The lowest BCUT2D eigenvalue weighted by atomic mass is 9.99. The van der Waals surface area contributed by atoms with E-state index >= 15 is 0 Å². The Balaban J connectivity index is 1.60. The zero-order chi connectivity index (χ0) is 16.2. The summed E-state index contributed by atoms with van der Waals surface area (Å²) in [5, 5.41) is 0. The van der Waals surface area contributed by atoms with Gasteiger partial charge < -0.3 is 9.80 Å². The Morgan fingerprint density at radius 1 is 1.13 bits per heavy atom. The van der Waals surface area contributed by atoms with E-state index in [4.69, 9.17) is 0 Å². The third-order valence-electron chi connectivity index (χ3n) is 5.30. The second kappa shape index (κ2) is 4.81. The van der Waals surface area contributed by atoms with E-state index in [0.717, 1.165) is 12.1 Å². The van der Waals surface area contributed by atoms with Gasteiger partial charge in [0.15, 0.2) is 0 Å². The lowest BCUT2D eigenvalue weighted by Gasteiger charge is -2.23. The summed E-state index contributed by atoms with van der Waals surface area (Å²) >= 11 is 0. The van der Waals surface area contributed by atoms with Gasteiger partial charge in [-0.2, -0.15) is 0 Å². The number of anilines is 1. The first-order chi connectivity index (χ1) is 11.0. The van der Waals surface area contributed by atoms with E-state index in [1.165, 1.54) is 4.90 Å². The van der Waals surface area contributed by atoms with Crippen molar-refractivity contribution in [2.45, 2.75) is 37.8 Å². The Bertz CT molecular complexity index is 690. The van der Waals surface area contributed by atoms with E-state index in [1.807, 2.05) is 37.3 Å². The Labute approximate surface area is 134 Å². The average Bonchev–Trinajstić information content (AvgIpc) is 3.16. The summed E-state index contributed by atoms with van der Waals surface area (Å²) < 4.78 is 0. The number of fused-ring (bicyclic) bond motifs is 1. The molecule has 0 radical (unpaired) electrons. The molecule has 1 aromatic carbocycles. The summed E-state index contributed by atoms with van der Waals surface area (Å²) in [4.78, 5) is 42.4. The SMILES string of the molecule is C[C@]12CCCN1C(=O)N([C@@H]1CC(=O)N(c3ccccc3)C1)C2=O. The highest BCUT2D eigenvalue weighted by atomic mass is 16.2. The van der Waals surface area contributed by atoms with Gasteiger partial charge in [-0.25, -0.2) is 4.79 Å². The third kappa shape index (κ3) is 1.90. The van der Waals surface area contributed by atoms with Crippen LogP contribution < -0.4 is 4.90 Å². The quantitative estimate of drug-likeness (QED) is 0.779. The minimum Gasteiger partial charge on any atom is -0.310 e. The largest absolute Gasteiger partial charge is 0.328 e. The van der Waals surface area contributed by atoms with Crippen LogP contribution in [0.15, 0.2) is 30.3 Å². The van der Waals surface area contributed by atoms with Crippen molar-refractivity contribution in [1.82, 2.24) is 9.80 Å². The predicted octanol–water partition coefficient (Wildman–Crippen LogP) is 1.61. The van der Waals surface area contributed by atoms with Gasteiger partial charge in [-0.05, 0) is 31.9 Å². The van der Waals surface area contributed by atoms with Crippen LogP contribution in [-0.2, 0) is 9.59 Å². The highest BCUT2D eigenvalue weighted by Gasteiger charge is 2.59. The van der Waals surface area contributed by atoms with Gasteiger partial charge in [0.1, 0.15) is 5.54 Å². The maximum Gasteiger partial charge on any atom is 0.328 e. The highest BCUT2D eigenvalue weighted by Crippen LogP contribution is 2.39. The van der Waals surface area contributed by atoms with Gasteiger partial charge in [-0.15, -0.1) is 0 Å². The van der Waals surface area contributed by atoms with Crippen LogP contribution in [0, 0.1) is 0 Å². The van der Waals surface area contributed by atoms with Gasteiger partial charge in [0.05, 0.1) is 6.04 Å². The van der Waals surface area contributed by atoms with Crippen molar-refractivity contribution in [1.29, 1.82) is 0 Å². The molecule has 0 bridgehead atoms. The molecule has 0 aliphatic carbocycles. The zero-order valence-electron chi connectivity index (χ0n) is 13.1. The molecule has 4 amide bonds. The van der Waals surface area contributed by atoms with Gasteiger partial charge in [0.2, 0.25) is 5.91 Å². The van der Waals surface area contributed by atoms with Crippen molar-refractivity contribution in [3.63, 3.8) is 0 Å². The number of amides is 4. The lowest BCUT2D eigenvalue weighted by molar-refractivity contribution is -0.133. The minimum absolute atomic E-state index is 0.0426. The zero-order valence-corrected chi connectivity index (χ0v) is 13.1. The summed E-state index contributed by atoms with van der Waals surface area (Å²) in [6.07, 6.45) is 1.77. The molecule has 2 atom stereocenters. The van der Waals surface area contributed by atoms with Crippen LogP contribution in [0.4, 0.5) is 10.5 Å². The number of urea groups is 1. The van der Waals surface area contributed by atoms with Crippen molar-refractivity contribution in [3.05, 3.63) is 30.3 Å². The van der Waals surface area contributed by atoms with E-state index in [9.17, 15) is 14.4 Å². The molecule has 0 saturated carbocycles. The van der Waals surface area contributed by atoms with Gasteiger partial charge in [0.25, 0.3) is 5.91 Å². The number of hydrogen-bond acceptors (Lipinski definition) is 3. The van der Waals surface area contributed by atoms with E-state index in [1.54, 1.807) is 9.80 Å². The Kier molecular flexibility index (Phi) is 2.98. The summed E-state index contributed by atoms with van der Waals surface area (Å²) in [6, 6.07) is 8.77. The van der Waals surface area contributed by atoms with Gasteiger partial charge in [-0.1, -0.05) is 18.2 Å². The molecule has 0 N–H and O–H groups in total. The molecule has 6 heteroatoms. The smallest absolute Gasteiger partial charge is 0.310 e. The second-order valence-corrected chi connectivity index (χ2v) is 6.68. The van der Waals surface area contributed by atoms with Crippen molar-refractivity contribution >= 4 is 23.5 Å². The Morgan fingerprint density at radius 2 is 1.87 bits per heavy atom. The minimum atomic E-state index is -0.708. The highest BCUT2D eigenvalue weighted by molar-refractivity contribution is 6.08. The topological polar surface area (TPSA) is 60.9 Å². The fourth-order valence-corrected chi connectivity index (χ4v) is 4.01. The fraction of sp³-hybridized carbons (Fsp3) is 0.471. The van der Waals surface area contributed by atoms with Crippen LogP contribution in [0.3, 0.4) is 0 Å². The first kappa shape index (κ1) is 14.2. The first-order valence-electron chi connectivity index (χ1n) is 8.03. The molecule has 3 fully saturated rings. The molecule has 0 spiro atoms. The number of rotatable bonds is 2. The van der Waals surface area contributed by atoms with E-state index in [0.29, 0.717) is 19.5 Å². The summed E-state index contributed by atoms with van der Waals surface area (Å²) in [5.74, 6) is -0.188. The first-order valence-corrected chi connectivity index (χ1v) is 8.03. The third-order valence-corrected chi connectivity index (χ3v) is 5.30. The molecule has 1 aromatic rings. The maximum atomic E-state index is 12.8. The van der Waals surface area contributed by atoms with E-state index in [-0.39, 0.29) is 30.3 Å². The summed E-state index contributed by atoms with van der Waals surface area (Å²) in [7, 11) is 0. The Morgan fingerprint density at radius 3 is 2.57 bits per heavy atom. The normalized spacial score (nSPS) is 30.6. The number of carbonyl (C=O) groups excluding carboxylic acids is 3. The van der Waals surface area contributed by atoms with Crippen LogP contribution in [0.25, 0.3) is 0 Å². The summed E-state index contributed by atoms with van der Waals surface area (Å²) in [5.41, 5.74) is 0.103. The molecule has 3 aliphatic heterocycles. The molecule has 3 saturated heterocycles. The number of para-hydroxylation sites is 1. The molecule has 23 heavy (non-hydrogen) atoms. The Hall–Kier alpha value is -2.37. The number of imide groups is 1. The molecule has 0 unspecified atom stereocenters. The maximum absolute atomic E-state index is 12.8. The van der Waals surface area contributed by atoms with Gasteiger partial charge in [0, 0.05) is 25.2 Å². The molecular formula is C17H19N3O3. The second-order valence-electron chi connectivity index (χ2n) is 6.68. The number of nitrogens with zero attached hydrogens (tertiary/aromatic N) is 3. The molecule has 3 aliphatic rings. The van der Waals surface area contributed by atoms with Crippen LogP contribution in [-0.4, -0.2) is 52.3 Å². The number of hydrogen-bond donors (Lipinski definition) is 0. The predicted molar refractivity (Wildman–Crippen MR) is 83.8 cm³/mol. The number of benzene rings is 1. The fourth-order valence-electron chi connectivity index (χ4n) is 4.01. The average molecular weight is 313 g/mol. The molecule has 0 aromatic heterocycles. The molecule has 3 heterocycles. The van der Waals surface area contributed by atoms with Crippen LogP contribution in [0.5, 0.6) is 0 Å². The van der Waals surface area contributed by atoms with Crippen LogP contribution >= 0.6 is 0 Å². The monoisotopic (exact) mass is 313 g/mol. The van der Waals surface area contributed by atoms with Crippen molar-refractivity contribution in [2.24, 2.45) is 0 Å². The molecule has 120 valence electrons. The van der Waals surface area contributed by atoms with Crippen molar-refractivity contribution in [2.75, 3.05) is 18.0 Å². The van der Waals surface area contributed by atoms with Crippen LogP contribution in [0.2, 0.25) is 0 Å². The van der Waals surface area contributed by atoms with Crippen molar-refractivity contribution in [3.8, 4) is 0 Å². The van der Waals surface area contributed by atoms with Crippen LogP contribution in [0.1, 0.15) is 26.2 Å². The lowest BCUT2D eigenvalue weighted by Crippen LogP contribution is -2.45. The molecular weight excluding hydrogens is 294 g/mol.